The van der Waals surface area contributed by atoms with Crippen LogP contribution in [0.5, 0.6) is 11.5 Å². The Kier molecular flexibility index (Phi) is 6.19. The van der Waals surface area contributed by atoms with Crippen LogP contribution in [-0.2, 0) is 6.54 Å². The smallest absolute Gasteiger partial charge is 0.384 e. The van der Waals surface area contributed by atoms with Crippen molar-refractivity contribution >= 4 is 33.5 Å². The lowest BCUT2D eigenvalue weighted by Gasteiger charge is -2.52. The van der Waals surface area contributed by atoms with Gasteiger partial charge in [-0.3, -0.25) is 0 Å². The first kappa shape index (κ1) is 28.7. The van der Waals surface area contributed by atoms with E-state index < -0.39 is 54.1 Å². The molecule has 0 amide bonds. The third-order valence-electron chi connectivity index (χ3n) is 6.37. The van der Waals surface area contributed by atoms with E-state index in [9.17, 15) is 43.9 Å². The summed E-state index contributed by atoms with van der Waals surface area (Å²) in [5.41, 5.74) is -0.703. The van der Waals surface area contributed by atoms with E-state index in [0.29, 0.717) is 31.8 Å². The average molecular weight is 674 g/mol. The Hall–Kier alpha value is -2.77. The second-order valence-corrected chi connectivity index (χ2v) is 10.5. The van der Waals surface area contributed by atoms with Crippen molar-refractivity contribution in [1.29, 1.82) is 0 Å². The predicted octanol–water partition coefficient (Wildman–Crippen LogP) is 6.29. The van der Waals surface area contributed by atoms with E-state index in [2.05, 4.69) is 30.9 Å². The van der Waals surface area contributed by atoms with Crippen molar-refractivity contribution < 1.29 is 57.8 Å². The molecule has 2 N–H and O–H groups in total. The summed E-state index contributed by atoms with van der Waals surface area (Å²) in [5.74, 6) is -35.5. The van der Waals surface area contributed by atoms with Crippen LogP contribution in [0, 0.1) is 0 Å². The van der Waals surface area contributed by atoms with E-state index in [0.717, 1.165) is 11.8 Å². The minimum Gasteiger partial charge on any atom is -0.454 e. The third-order valence-corrected chi connectivity index (χ3v) is 8.21. The summed E-state index contributed by atoms with van der Waals surface area (Å²) in [7, 11) is 0. The van der Waals surface area contributed by atoms with Gasteiger partial charge >= 0.3 is 29.6 Å². The number of fused-ring (bicyclic) bond motifs is 2. The van der Waals surface area contributed by atoms with Crippen LogP contribution >= 0.6 is 27.7 Å². The number of aromatic nitrogens is 4. The molecule has 0 unspecified atom stereocenters. The molecular formula is C20H11BrF11N5O2S. The fourth-order valence-electron chi connectivity index (χ4n) is 4.09. The number of hydrogen-bond acceptors (Lipinski definition) is 7. The summed E-state index contributed by atoms with van der Waals surface area (Å²) < 4.78 is 166. The lowest BCUT2D eigenvalue weighted by Crippen LogP contribution is -2.83. The van der Waals surface area contributed by atoms with Crippen LogP contribution in [0.1, 0.15) is 6.42 Å². The standard InChI is InChI=1S/C20H11BrF11N5O2S/c21-7-3-8-9(39-6-38-8)4-10(7)40-14-35-11-12(33)34-5-37(13(11)36-14)2-1-15(22)16(23,24)18(27,28)20(31,32)19(29,30)17(15,25)26/h3-5H,1-2,6,33H2. The Labute approximate surface area is 227 Å². The van der Waals surface area contributed by atoms with Gasteiger partial charge in [-0.25, -0.2) is 19.3 Å². The molecule has 0 aromatic heterocycles. The summed E-state index contributed by atoms with van der Waals surface area (Å²) in [6.45, 7) is -1.52. The van der Waals surface area contributed by atoms with Gasteiger partial charge in [0, 0.05) is 22.3 Å². The van der Waals surface area contributed by atoms with Crippen molar-refractivity contribution in [2.75, 3.05) is 12.5 Å². The molecule has 3 aliphatic heterocycles. The number of nitrogen functional groups attached to an aromatic ring is 1. The maximum atomic E-state index is 15.2. The highest BCUT2D eigenvalue weighted by Crippen LogP contribution is 2.70. The van der Waals surface area contributed by atoms with Gasteiger partial charge in [-0.05, 0) is 39.8 Å². The number of rotatable bonds is 5. The van der Waals surface area contributed by atoms with Crippen LogP contribution in [0.2, 0.25) is 0 Å². The largest absolute Gasteiger partial charge is 0.454 e. The fourth-order valence-corrected chi connectivity index (χ4v) is 5.45. The number of benzene rings is 1. The first-order valence-electron chi connectivity index (χ1n) is 10.6. The monoisotopic (exact) mass is 673 g/mol. The highest BCUT2D eigenvalue weighted by atomic mass is 79.9. The van der Waals surface area contributed by atoms with Crippen LogP contribution in [0.15, 0.2) is 33.0 Å². The topological polar surface area (TPSA) is 88.1 Å². The van der Waals surface area contributed by atoms with Crippen LogP contribution in [0.25, 0.3) is 11.5 Å². The first-order valence-corrected chi connectivity index (χ1v) is 12.2. The van der Waals surface area contributed by atoms with Gasteiger partial charge in [-0.1, -0.05) is 0 Å². The Balaban J connectivity index is 1.50. The number of alkyl halides is 11. The van der Waals surface area contributed by atoms with Gasteiger partial charge < -0.3 is 19.8 Å². The van der Waals surface area contributed by atoms with Gasteiger partial charge in [0.25, 0.3) is 5.67 Å². The first-order chi connectivity index (χ1) is 18.3. The number of ether oxygens (including phenoxy) is 2. The highest BCUT2D eigenvalue weighted by molar-refractivity contribution is 9.10. The fraction of sp³-hybridized carbons (Fsp3) is 0.450. The SMILES string of the molecule is Nc1ncn(CCC2(F)C(F)(F)C(F)(F)C(F)(F)C(F)(F)C2(F)F)c2nc(Sc3cc4c(cc3Br)OCO4)nc1-2. The molecule has 40 heavy (non-hydrogen) atoms. The maximum absolute atomic E-state index is 15.2. The number of hydrogen-bond donors (Lipinski definition) is 1. The molecule has 218 valence electrons. The van der Waals surface area contributed by atoms with Gasteiger partial charge in [0.2, 0.25) is 6.79 Å². The summed E-state index contributed by atoms with van der Waals surface area (Å²) in [6.07, 6.45) is -1.84. The molecule has 20 heteroatoms. The summed E-state index contributed by atoms with van der Waals surface area (Å²) >= 11 is 4.16. The molecule has 0 saturated heterocycles. The molecule has 0 bridgehead atoms. The van der Waals surface area contributed by atoms with Crippen molar-refractivity contribution in [3.05, 3.63) is 22.9 Å². The molecule has 0 radical (unpaired) electrons. The molecule has 3 heterocycles. The van der Waals surface area contributed by atoms with Crippen molar-refractivity contribution in [3.8, 4) is 23.0 Å². The van der Waals surface area contributed by atoms with Gasteiger partial charge in [-0.15, -0.1) is 0 Å². The second-order valence-electron chi connectivity index (χ2n) is 8.66. The third kappa shape index (κ3) is 3.52. The molecule has 1 saturated carbocycles. The summed E-state index contributed by atoms with van der Waals surface area (Å²) in [6, 6.07) is 3.09. The minimum absolute atomic E-state index is 0.0431. The maximum Gasteiger partial charge on any atom is 0.384 e. The Morgan fingerprint density at radius 3 is 2.00 bits per heavy atom. The van der Waals surface area contributed by atoms with Crippen LogP contribution in [0.4, 0.5) is 54.1 Å². The second kappa shape index (κ2) is 8.62. The summed E-state index contributed by atoms with van der Waals surface area (Å²) in [4.78, 5) is 12.1. The molecule has 1 aromatic rings. The number of halogens is 12. The van der Waals surface area contributed by atoms with Gasteiger partial charge in [0.1, 0.15) is 0 Å². The Morgan fingerprint density at radius 2 is 1.40 bits per heavy atom. The van der Waals surface area contributed by atoms with E-state index in [4.69, 9.17) is 15.2 Å². The molecule has 4 aliphatic rings. The molecule has 0 atom stereocenters. The van der Waals surface area contributed by atoms with Gasteiger partial charge in [-0.2, -0.15) is 43.9 Å². The molecule has 0 spiro atoms. The lowest BCUT2D eigenvalue weighted by molar-refractivity contribution is -0.485. The van der Waals surface area contributed by atoms with Crippen molar-refractivity contribution in [3.63, 3.8) is 0 Å². The zero-order valence-corrected chi connectivity index (χ0v) is 21.4. The number of imidazole rings is 1. The minimum atomic E-state index is -7.28. The van der Waals surface area contributed by atoms with Gasteiger partial charge in [0.05, 0.1) is 6.33 Å². The van der Waals surface area contributed by atoms with E-state index in [1.54, 1.807) is 6.07 Å². The highest BCUT2D eigenvalue weighted by Gasteiger charge is 3.00. The van der Waals surface area contributed by atoms with Crippen molar-refractivity contribution in [2.45, 2.75) is 58.3 Å². The normalized spacial score (nSPS) is 22.9. The summed E-state index contributed by atoms with van der Waals surface area (Å²) in [5, 5.41) is -0.107. The average Bonchev–Trinajstić information content (AvgIpc) is 3.49. The van der Waals surface area contributed by atoms with Crippen molar-refractivity contribution in [2.24, 2.45) is 0 Å². The number of nitrogens with two attached hydrogens (primary N) is 1. The van der Waals surface area contributed by atoms with Crippen LogP contribution < -0.4 is 15.2 Å². The lowest BCUT2D eigenvalue weighted by atomic mass is 9.70. The number of aryl methyl sites for hydroxylation is 1. The van der Waals surface area contributed by atoms with Gasteiger partial charge in [0.15, 0.2) is 34.0 Å². The zero-order valence-electron chi connectivity index (χ0n) is 19.0. The zero-order chi connectivity index (χ0) is 29.7. The Bertz CT molecular complexity index is 1440. The van der Waals surface area contributed by atoms with E-state index in [1.807, 2.05) is 0 Å². The number of anilines is 1. The molecular weight excluding hydrogens is 663 g/mol. The van der Waals surface area contributed by atoms with Crippen LogP contribution in [-0.4, -0.2) is 61.6 Å². The van der Waals surface area contributed by atoms with E-state index >= 15 is 4.39 Å². The Morgan fingerprint density at radius 1 is 0.850 bits per heavy atom. The molecule has 1 fully saturated rings. The molecule has 7 nitrogen and oxygen atoms in total. The van der Waals surface area contributed by atoms with E-state index in [-0.39, 0.29) is 23.5 Å². The van der Waals surface area contributed by atoms with Crippen LogP contribution in [0.3, 0.4) is 0 Å². The van der Waals surface area contributed by atoms with E-state index in [1.165, 1.54) is 6.07 Å². The van der Waals surface area contributed by atoms with Crippen molar-refractivity contribution in [1.82, 2.24) is 19.5 Å². The molecule has 5 rings (SSSR count). The molecule has 1 aromatic carbocycles. The predicted molar refractivity (Wildman–Crippen MR) is 116 cm³/mol. The number of nitrogens with zero attached hydrogens (tertiary/aromatic N) is 4. The quantitative estimate of drug-likeness (QED) is 0.319. The molecule has 1 aliphatic carbocycles.